The molecule has 2 aliphatic rings. The average molecular weight is 317 g/mol. The molecule has 1 aliphatic heterocycles. The van der Waals surface area contributed by atoms with E-state index in [1.807, 2.05) is 11.8 Å². The molecule has 5 heteroatoms. The Labute approximate surface area is 138 Å². The summed E-state index contributed by atoms with van der Waals surface area (Å²) in [5.74, 6) is 2.29. The van der Waals surface area contributed by atoms with E-state index in [1.165, 1.54) is 5.57 Å². The fourth-order valence-electron chi connectivity index (χ4n) is 3.87. The molecule has 0 spiro atoms. The highest BCUT2D eigenvalue weighted by Gasteiger charge is 2.61. The summed E-state index contributed by atoms with van der Waals surface area (Å²) in [5, 5.41) is 3.88. The summed E-state index contributed by atoms with van der Waals surface area (Å²) < 4.78 is 5.31. The van der Waals surface area contributed by atoms with Crippen molar-refractivity contribution in [1.29, 1.82) is 0 Å². The number of allylic oxidation sites excluding steroid dienone is 2. The van der Waals surface area contributed by atoms with Crippen LogP contribution in [-0.4, -0.2) is 34.0 Å². The topological polar surface area (TPSA) is 59.2 Å². The third kappa shape index (κ3) is 3.06. The number of aromatic nitrogens is 2. The first-order valence-corrected chi connectivity index (χ1v) is 8.54. The van der Waals surface area contributed by atoms with Crippen molar-refractivity contribution < 1.29 is 9.32 Å². The van der Waals surface area contributed by atoms with Gasteiger partial charge in [-0.1, -0.05) is 30.7 Å². The summed E-state index contributed by atoms with van der Waals surface area (Å²) in [6.45, 7) is 12.0. The summed E-state index contributed by atoms with van der Waals surface area (Å²) in [7, 11) is 0. The number of carbonyl (C=O) groups excluding carboxylic acids is 1. The van der Waals surface area contributed by atoms with Gasteiger partial charge in [0.05, 0.1) is 11.8 Å². The molecule has 126 valence electrons. The van der Waals surface area contributed by atoms with Crippen molar-refractivity contribution in [3.8, 4) is 0 Å². The van der Waals surface area contributed by atoms with Gasteiger partial charge >= 0.3 is 0 Å². The van der Waals surface area contributed by atoms with Crippen LogP contribution in [-0.2, 0) is 4.79 Å². The molecule has 2 heterocycles. The maximum atomic E-state index is 13.0. The lowest BCUT2D eigenvalue weighted by molar-refractivity contribution is -0.134. The highest BCUT2D eigenvalue weighted by atomic mass is 16.5. The monoisotopic (exact) mass is 317 g/mol. The first kappa shape index (κ1) is 16.2. The Morgan fingerprint density at radius 1 is 1.39 bits per heavy atom. The van der Waals surface area contributed by atoms with Crippen molar-refractivity contribution in [3.63, 3.8) is 0 Å². The number of rotatable bonds is 3. The highest BCUT2D eigenvalue weighted by Crippen LogP contribution is 2.60. The minimum Gasteiger partial charge on any atom is -0.342 e. The van der Waals surface area contributed by atoms with Crippen molar-refractivity contribution in [2.45, 2.75) is 53.4 Å². The third-order valence-electron chi connectivity index (χ3n) is 5.32. The molecular formula is C18H27N3O2. The molecule has 1 aromatic heterocycles. The Morgan fingerprint density at radius 2 is 2.13 bits per heavy atom. The number of nitrogens with zero attached hydrogens (tertiary/aromatic N) is 3. The predicted octanol–water partition coefficient (Wildman–Crippen LogP) is 3.32. The highest BCUT2D eigenvalue weighted by molar-refractivity contribution is 5.84. The van der Waals surface area contributed by atoms with Gasteiger partial charge in [0.15, 0.2) is 5.82 Å². The van der Waals surface area contributed by atoms with Gasteiger partial charge in [0, 0.05) is 13.1 Å². The zero-order chi connectivity index (χ0) is 16.8. The molecule has 0 radical (unpaired) electrons. The van der Waals surface area contributed by atoms with Crippen LogP contribution in [0.2, 0.25) is 0 Å². The van der Waals surface area contributed by atoms with E-state index in [-0.39, 0.29) is 17.3 Å². The van der Waals surface area contributed by atoms with Gasteiger partial charge in [-0.3, -0.25) is 4.79 Å². The van der Waals surface area contributed by atoms with E-state index in [0.717, 1.165) is 19.4 Å². The summed E-state index contributed by atoms with van der Waals surface area (Å²) in [6, 6.07) is 0. The van der Waals surface area contributed by atoms with Crippen LogP contribution < -0.4 is 0 Å². The third-order valence-corrected chi connectivity index (χ3v) is 5.32. The number of carbonyl (C=O) groups is 1. The number of likely N-dealkylation sites (tertiary alicyclic amines) is 1. The van der Waals surface area contributed by atoms with E-state index >= 15 is 0 Å². The van der Waals surface area contributed by atoms with Crippen LogP contribution in [0.15, 0.2) is 16.2 Å². The summed E-state index contributed by atoms with van der Waals surface area (Å²) >= 11 is 0. The minimum absolute atomic E-state index is 0.0718. The molecule has 0 N–H and O–H groups in total. The minimum atomic E-state index is 0.0718. The molecule has 0 bridgehead atoms. The molecule has 2 fully saturated rings. The van der Waals surface area contributed by atoms with Crippen LogP contribution in [0, 0.1) is 24.2 Å². The van der Waals surface area contributed by atoms with Crippen molar-refractivity contribution >= 4 is 5.91 Å². The first-order chi connectivity index (χ1) is 10.8. The Balaban J connectivity index is 1.69. The molecule has 1 aliphatic carbocycles. The van der Waals surface area contributed by atoms with Crippen LogP contribution in [0.4, 0.5) is 0 Å². The van der Waals surface area contributed by atoms with Gasteiger partial charge in [0.2, 0.25) is 11.8 Å². The van der Waals surface area contributed by atoms with Crippen LogP contribution in [0.1, 0.15) is 58.2 Å². The number of aryl methyl sites for hydroxylation is 1. The maximum Gasteiger partial charge on any atom is 0.231 e. The van der Waals surface area contributed by atoms with Gasteiger partial charge in [-0.05, 0) is 44.9 Å². The molecule has 0 aromatic carbocycles. The second-order valence-corrected chi connectivity index (χ2v) is 7.87. The number of hydrogen-bond acceptors (Lipinski definition) is 4. The van der Waals surface area contributed by atoms with Crippen LogP contribution in [0.3, 0.4) is 0 Å². The Morgan fingerprint density at radius 3 is 2.74 bits per heavy atom. The summed E-state index contributed by atoms with van der Waals surface area (Å²) in [4.78, 5) is 19.3. The van der Waals surface area contributed by atoms with E-state index in [9.17, 15) is 4.79 Å². The van der Waals surface area contributed by atoms with Crippen molar-refractivity contribution in [1.82, 2.24) is 15.0 Å². The molecule has 1 aromatic rings. The Hall–Kier alpha value is -1.65. The molecular weight excluding hydrogens is 290 g/mol. The summed E-state index contributed by atoms with van der Waals surface area (Å²) in [5.41, 5.74) is 1.36. The van der Waals surface area contributed by atoms with E-state index < -0.39 is 0 Å². The molecule has 1 saturated carbocycles. The van der Waals surface area contributed by atoms with Crippen molar-refractivity contribution in [2.75, 3.05) is 13.1 Å². The lowest BCUT2D eigenvalue weighted by atomic mass is 9.97. The van der Waals surface area contributed by atoms with Crippen LogP contribution >= 0.6 is 0 Å². The SMILES string of the molecule is CC(C)=C[C@@H]1[C@H](C(=O)N2CCC[C@@H](c3nc(C)no3)C2)C1(C)C. The largest absolute Gasteiger partial charge is 0.342 e. The van der Waals surface area contributed by atoms with E-state index in [0.29, 0.717) is 30.1 Å². The lowest BCUT2D eigenvalue weighted by Crippen LogP contribution is -2.40. The lowest BCUT2D eigenvalue weighted by Gasteiger charge is -2.31. The van der Waals surface area contributed by atoms with E-state index in [1.54, 1.807) is 0 Å². The van der Waals surface area contributed by atoms with Gasteiger partial charge in [-0.25, -0.2) is 0 Å². The van der Waals surface area contributed by atoms with Gasteiger partial charge < -0.3 is 9.42 Å². The molecule has 3 rings (SSSR count). The van der Waals surface area contributed by atoms with Gasteiger partial charge in [0.25, 0.3) is 0 Å². The zero-order valence-electron chi connectivity index (χ0n) is 14.8. The predicted molar refractivity (Wildman–Crippen MR) is 87.8 cm³/mol. The summed E-state index contributed by atoms with van der Waals surface area (Å²) in [6.07, 6.45) is 4.26. The zero-order valence-corrected chi connectivity index (χ0v) is 14.8. The van der Waals surface area contributed by atoms with Crippen LogP contribution in [0.25, 0.3) is 0 Å². The average Bonchev–Trinajstić information content (AvgIpc) is 2.84. The van der Waals surface area contributed by atoms with Gasteiger partial charge in [0.1, 0.15) is 0 Å². The number of hydrogen-bond donors (Lipinski definition) is 0. The first-order valence-electron chi connectivity index (χ1n) is 8.54. The van der Waals surface area contributed by atoms with Gasteiger partial charge in [-0.15, -0.1) is 0 Å². The fraction of sp³-hybridized carbons (Fsp3) is 0.722. The quantitative estimate of drug-likeness (QED) is 0.802. The second-order valence-electron chi connectivity index (χ2n) is 7.87. The standard InChI is InChI=1S/C18H27N3O2/c1-11(2)9-14-15(18(14,4)5)17(22)21-8-6-7-13(10-21)16-19-12(3)20-23-16/h9,13-15H,6-8,10H2,1-5H3/t13-,14-,15-/m1/s1. The van der Waals surface area contributed by atoms with Gasteiger partial charge in [-0.2, -0.15) is 4.98 Å². The number of amides is 1. The van der Waals surface area contributed by atoms with E-state index in [4.69, 9.17) is 4.52 Å². The second kappa shape index (κ2) is 5.77. The Kier molecular flexibility index (Phi) is 4.07. The fourth-order valence-corrected chi connectivity index (χ4v) is 3.87. The smallest absolute Gasteiger partial charge is 0.231 e. The Bertz CT molecular complexity index is 628. The van der Waals surface area contributed by atoms with Crippen molar-refractivity contribution in [3.05, 3.63) is 23.4 Å². The maximum absolute atomic E-state index is 13.0. The number of piperidine rings is 1. The normalized spacial score (nSPS) is 29.3. The molecule has 0 unspecified atom stereocenters. The van der Waals surface area contributed by atoms with E-state index in [2.05, 4.69) is 43.9 Å². The van der Waals surface area contributed by atoms with Crippen LogP contribution in [0.5, 0.6) is 0 Å². The molecule has 1 amide bonds. The van der Waals surface area contributed by atoms with Crippen molar-refractivity contribution in [2.24, 2.45) is 17.3 Å². The molecule has 23 heavy (non-hydrogen) atoms. The molecule has 3 atom stereocenters. The molecule has 1 saturated heterocycles. The molecule has 5 nitrogen and oxygen atoms in total.